The first-order valence-corrected chi connectivity index (χ1v) is 6.68. The van der Waals surface area contributed by atoms with Crippen LogP contribution in [-0.2, 0) is 24.6 Å². The van der Waals surface area contributed by atoms with Crippen molar-refractivity contribution >= 4 is 23.3 Å². The molecule has 1 amide bonds. The summed E-state index contributed by atoms with van der Waals surface area (Å²) in [5.41, 5.74) is 1.40. The molecule has 0 spiro atoms. The second-order valence-corrected chi connectivity index (χ2v) is 5.37. The first-order valence-electron chi connectivity index (χ1n) is 6.68. The van der Waals surface area contributed by atoms with E-state index in [9.17, 15) is 9.59 Å². The fraction of sp³-hybridized carbons (Fsp3) is 0.400. The van der Waals surface area contributed by atoms with Gasteiger partial charge in [-0.15, -0.1) is 0 Å². The Morgan fingerprint density at radius 1 is 1.48 bits per heavy atom. The SMILES string of the molecule is COC(=O)[C@@H]1CC([C@]2(C)C(=O)N(C)c3ccccc32)=NO1. The normalized spacial score (nSPS) is 27.2. The third-order valence-corrected chi connectivity index (χ3v) is 4.25. The van der Waals surface area contributed by atoms with Gasteiger partial charge in [0, 0.05) is 19.2 Å². The lowest BCUT2D eigenvalue weighted by Crippen LogP contribution is -2.43. The van der Waals surface area contributed by atoms with E-state index in [1.54, 1.807) is 11.9 Å². The van der Waals surface area contributed by atoms with Gasteiger partial charge >= 0.3 is 5.97 Å². The first-order chi connectivity index (χ1) is 10.00. The Morgan fingerprint density at radius 3 is 2.90 bits per heavy atom. The highest BCUT2D eigenvalue weighted by Gasteiger charge is 2.52. The van der Waals surface area contributed by atoms with Crippen molar-refractivity contribution in [2.45, 2.75) is 24.9 Å². The fourth-order valence-electron chi connectivity index (χ4n) is 2.96. The summed E-state index contributed by atoms with van der Waals surface area (Å²) in [5.74, 6) is -0.555. The molecular formula is C15H16N2O4. The second-order valence-electron chi connectivity index (χ2n) is 5.37. The van der Waals surface area contributed by atoms with E-state index in [1.807, 2.05) is 31.2 Å². The van der Waals surface area contributed by atoms with Crippen LogP contribution in [0.15, 0.2) is 29.4 Å². The molecule has 2 aliphatic rings. The smallest absolute Gasteiger partial charge is 0.350 e. The van der Waals surface area contributed by atoms with Crippen LogP contribution in [0, 0.1) is 0 Å². The number of hydrogen-bond donors (Lipinski definition) is 0. The van der Waals surface area contributed by atoms with Crippen molar-refractivity contribution in [1.82, 2.24) is 0 Å². The van der Waals surface area contributed by atoms with Gasteiger partial charge in [-0.05, 0) is 18.6 Å². The van der Waals surface area contributed by atoms with Crippen molar-refractivity contribution in [3.05, 3.63) is 29.8 Å². The topological polar surface area (TPSA) is 68.2 Å². The maximum atomic E-state index is 12.7. The maximum Gasteiger partial charge on any atom is 0.350 e. The Hall–Kier alpha value is -2.37. The van der Waals surface area contributed by atoms with E-state index in [1.165, 1.54) is 7.11 Å². The Bertz CT molecular complexity index is 655. The van der Waals surface area contributed by atoms with Gasteiger partial charge in [0.1, 0.15) is 5.41 Å². The van der Waals surface area contributed by atoms with E-state index in [4.69, 9.17) is 4.84 Å². The Balaban J connectivity index is 1.99. The number of carbonyl (C=O) groups excluding carboxylic acids is 2. The summed E-state index contributed by atoms with van der Waals surface area (Å²) in [4.78, 5) is 31.0. The van der Waals surface area contributed by atoms with Crippen LogP contribution < -0.4 is 4.90 Å². The molecule has 3 rings (SSSR count). The monoisotopic (exact) mass is 288 g/mol. The minimum absolute atomic E-state index is 0.0726. The summed E-state index contributed by atoms with van der Waals surface area (Å²) in [6.45, 7) is 1.82. The summed E-state index contributed by atoms with van der Waals surface area (Å²) in [6.07, 6.45) is -0.510. The molecule has 6 nitrogen and oxygen atoms in total. The van der Waals surface area contributed by atoms with Crippen LogP contribution >= 0.6 is 0 Å². The summed E-state index contributed by atoms with van der Waals surface area (Å²) in [7, 11) is 3.04. The predicted molar refractivity (Wildman–Crippen MR) is 76.1 cm³/mol. The zero-order valence-electron chi connectivity index (χ0n) is 12.1. The number of esters is 1. The number of carbonyl (C=O) groups is 2. The van der Waals surface area contributed by atoms with Crippen LogP contribution in [0.25, 0.3) is 0 Å². The standard InChI is InChI=1S/C15H16N2O4/c1-15(12-8-11(21-16-12)13(18)20-3)9-6-4-5-7-10(9)17(2)14(15)19/h4-7,11H,8H2,1-3H3/t11-,15+/m0/s1. The third-order valence-electron chi connectivity index (χ3n) is 4.25. The van der Waals surface area contributed by atoms with Crippen molar-refractivity contribution in [1.29, 1.82) is 0 Å². The molecule has 0 fully saturated rings. The van der Waals surface area contributed by atoms with E-state index in [-0.39, 0.29) is 12.3 Å². The largest absolute Gasteiger partial charge is 0.466 e. The number of para-hydroxylation sites is 1. The van der Waals surface area contributed by atoms with Crippen LogP contribution in [-0.4, -0.2) is 37.8 Å². The van der Waals surface area contributed by atoms with Crippen LogP contribution in [0.1, 0.15) is 18.9 Å². The van der Waals surface area contributed by atoms with Gasteiger partial charge in [-0.3, -0.25) is 4.79 Å². The Kier molecular flexibility index (Phi) is 2.97. The van der Waals surface area contributed by atoms with Crippen molar-refractivity contribution in [2.24, 2.45) is 5.16 Å². The van der Waals surface area contributed by atoms with E-state index in [2.05, 4.69) is 9.89 Å². The molecule has 2 aliphatic heterocycles. The van der Waals surface area contributed by atoms with Gasteiger partial charge in [-0.2, -0.15) is 0 Å². The van der Waals surface area contributed by atoms with Gasteiger partial charge in [-0.1, -0.05) is 23.4 Å². The molecule has 0 saturated heterocycles. The van der Waals surface area contributed by atoms with Crippen molar-refractivity contribution in [2.75, 3.05) is 19.1 Å². The number of amides is 1. The quantitative estimate of drug-likeness (QED) is 0.768. The van der Waals surface area contributed by atoms with Crippen molar-refractivity contribution < 1.29 is 19.2 Å². The highest BCUT2D eigenvalue weighted by Crippen LogP contribution is 2.43. The molecule has 0 radical (unpaired) electrons. The number of likely N-dealkylation sites (N-methyl/N-ethyl adjacent to an activating group) is 1. The van der Waals surface area contributed by atoms with Gasteiger partial charge in [0.15, 0.2) is 0 Å². The molecule has 110 valence electrons. The lowest BCUT2D eigenvalue weighted by atomic mass is 9.77. The maximum absolute atomic E-state index is 12.7. The zero-order chi connectivity index (χ0) is 15.2. The molecule has 0 unspecified atom stereocenters. The van der Waals surface area contributed by atoms with Gasteiger partial charge in [-0.25, -0.2) is 4.79 Å². The number of hydrogen-bond acceptors (Lipinski definition) is 5. The Morgan fingerprint density at radius 2 is 2.19 bits per heavy atom. The summed E-state index contributed by atoms with van der Waals surface area (Å²) in [5, 5.41) is 3.99. The highest BCUT2D eigenvalue weighted by molar-refractivity contribution is 6.23. The van der Waals surface area contributed by atoms with Gasteiger partial charge in [0.25, 0.3) is 0 Å². The summed E-state index contributed by atoms with van der Waals surface area (Å²) < 4.78 is 4.66. The van der Waals surface area contributed by atoms with E-state index in [0.29, 0.717) is 5.71 Å². The van der Waals surface area contributed by atoms with Gasteiger partial charge in [0.2, 0.25) is 12.0 Å². The summed E-state index contributed by atoms with van der Waals surface area (Å²) >= 11 is 0. The third kappa shape index (κ3) is 1.75. The van der Waals surface area contributed by atoms with E-state index < -0.39 is 17.5 Å². The van der Waals surface area contributed by atoms with Crippen molar-refractivity contribution in [3.8, 4) is 0 Å². The lowest BCUT2D eigenvalue weighted by molar-refractivity contribution is -0.152. The first kappa shape index (κ1) is 13.6. The second kappa shape index (κ2) is 4.58. The molecule has 0 aromatic heterocycles. The number of rotatable bonds is 2. The molecular weight excluding hydrogens is 272 g/mol. The minimum atomic E-state index is -0.895. The molecule has 6 heteroatoms. The fourth-order valence-corrected chi connectivity index (χ4v) is 2.96. The molecule has 1 aromatic carbocycles. The van der Waals surface area contributed by atoms with Crippen LogP contribution in [0.5, 0.6) is 0 Å². The number of fused-ring (bicyclic) bond motifs is 1. The zero-order valence-corrected chi connectivity index (χ0v) is 12.1. The summed E-state index contributed by atoms with van der Waals surface area (Å²) in [6, 6.07) is 7.58. The van der Waals surface area contributed by atoms with Gasteiger partial charge < -0.3 is 14.5 Å². The van der Waals surface area contributed by atoms with E-state index in [0.717, 1.165) is 11.3 Å². The molecule has 1 aromatic rings. The van der Waals surface area contributed by atoms with Crippen LogP contribution in [0.3, 0.4) is 0 Å². The molecule has 2 atom stereocenters. The molecule has 2 heterocycles. The number of methoxy groups -OCH3 is 1. The van der Waals surface area contributed by atoms with Crippen molar-refractivity contribution in [3.63, 3.8) is 0 Å². The lowest BCUT2D eigenvalue weighted by Gasteiger charge is -2.22. The average molecular weight is 288 g/mol. The molecule has 0 bridgehead atoms. The van der Waals surface area contributed by atoms with Crippen LogP contribution in [0.4, 0.5) is 5.69 Å². The Labute approximate surface area is 122 Å². The number of anilines is 1. The molecule has 21 heavy (non-hydrogen) atoms. The van der Waals surface area contributed by atoms with Gasteiger partial charge in [0.05, 0.1) is 12.8 Å². The highest BCUT2D eigenvalue weighted by atomic mass is 16.7. The molecule has 0 aliphatic carbocycles. The average Bonchev–Trinajstić information content (AvgIpc) is 3.08. The number of oxime groups is 1. The number of benzene rings is 1. The van der Waals surface area contributed by atoms with E-state index >= 15 is 0 Å². The molecule has 0 N–H and O–H groups in total. The number of ether oxygens (including phenoxy) is 1. The van der Waals surface area contributed by atoms with Crippen LogP contribution in [0.2, 0.25) is 0 Å². The minimum Gasteiger partial charge on any atom is -0.466 e. The molecule has 0 saturated carbocycles. The predicted octanol–water partition coefficient (Wildman–Crippen LogP) is 1.24. The number of nitrogens with zero attached hydrogens (tertiary/aromatic N) is 2.